The molecule has 0 aliphatic carbocycles. The van der Waals surface area contributed by atoms with E-state index in [9.17, 15) is 4.39 Å². The molecule has 15 heavy (non-hydrogen) atoms. The maximum Gasteiger partial charge on any atom is 0.192 e. The second kappa shape index (κ2) is 5.69. The summed E-state index contributed by atoms with van der Waals surface area (Å²) in [7, 11) is 0. The number of benzene rings is 1. The van der Waals surface area contributed by atoms with Crippen molar-refractivity contribution in [3.8, 4) is 0 Å². The fourth-order valence-electron chi connectivity index (χ4n) is 1.34. The van der Waals surface area contributed by atoms with Gasteiger partial charge in [-0.15, -0.1) is 0 Å². The Balaban J connectivity index is 2.84. The fraction of sp³-hybridized carbons (Fsp3) is 0.455. The van der Waals surface area contributed by atoms with Gasteiger partial charge in [-0.1, -0.05) is 49.2 Å². The van der Waals surface area contributed by atoms with Gasteiger partial charge < -0.3 is 5.32 Å². The summed E-state index contributed by atoms with van der Waals surface area (Å²) < 4.78 is 13.2. The lowest BCUT2D eigenvalue weighted by Gasteiger charge is -2.21. The molecule has 1 aromatic rings. The van der Waals surface area contributed by atoms with E-state index >= 15 is 0 Å². The predicted octanol–water partition coefficient (Wildman–Crippen LogP) is 3.91. The van der Waals surface area contributed by atoms with Crippen molar-refractivity contribution < 1.29 is 4.39 Å². The summed E-state index contributed by atoms with van der Waals surface area (Å²) in [4.78, 5) is 0. The smallest absolute Gasteiger partial charge is 0.192 e. The van der Waals surface area contributed by atoms with Crippen LogP contribution in [0.1, 0.15) is 25.5 Å². The van der Waals surface area contributed by atoms with Gasteiger partial charge in [0, 0.05) is 11.1 Å². The van der Waals surface area contributed by atoms with Gasteiger partial charge in [0.15, 0.2) is 5.63 Å². The van der Waals surface area contributed by atoms with E-state index in [2.05, 4.69) is 5.32 Å². The minimum atomic E-state index is -1.45. The third-order valence-electron chi connectivity index (χ3n) is 1.99. The third-order valence-corrected chi connectivity index (χ3v) is 2.50. The molecule has 1 nitrogen and oxygen atoms in total. The SMILES string of the molecule is CC(C)NC(c1ccc(Cl)cc1)C(F)Cl. The van der Waals surface area contributed by atoms with Crippen LogP contribution in [0.3, 0.4) is 0 Å². The molecular weight excluding hydrogens is 236 g/mol. The van der Waals surface area contributed by atoms with Gasteiger partial charge in [0.1, 0.15) is 0 Å². The van der Waals surface area contributed by atoms with Crippen molar-refractivity contribution >= 4 is 23.2 Å². The maximum absolute atomic E-state index is 13.2. The molecular formula is C11H14Cl2FN. The first kappa shape index (κ1) is 12.8. The van der Waals surface area contributed by atoms with Crippen molar-refractivity contribution in [1.29, 1.82) is 0 Å². The van der Waals surface area contributed by atoms with Crippen LogP contribution in [-0.4, -0.2) is 11.7 Å². The topological polar surface area (TPSA) is 12.0 Å². The van der Waals surface area contributed by atoms with Crippen LogP contribution in [0.5, 0.6) is 0 Å². The zero-order valence-electron chi connectivity index (χ0n) is 8.68. The highest BCUT2D eigenvalue weighted by atomic mass is 35.5. The molecule has 0 aliphatic heterocycles. The summed E-state index contributed by atoms with van der Waals surface area (Å²) in [6.45, 7) is 3.89. The second-order valence-electron chi connectivity index (χ2n) is 3.69. The van der Waals surface area contributed by atoms with Crippen molar-refractivity contribution in [2.75, 3.05) is 0 Å². The summed E-state index contributed by atoms with van der Waals surface area (Å²) in [5, 5.41) is 3.70. The molecule has 1 aromatic carbocycles. The molecule has 0 saturated heterocycles. The molecule has 4 heteroatoms. The average molecular weight is 250 g/mol. The molecule has 0 heterocycles. The summed E-state index contributed by atoms with van der Waals surface area (Å²) in [5.74, 6) is 0. The molecule has 0 aromatic heterocycles. The zero-order valence-corrected chi connectivity index (χ0v) is 10.2. The van der Waals surface area contributed by atoms with Gasteiger partial charge in [-0.2, -0.15) is 0 Å². The van der Waals surface area contributed by atoms with Gasteiger partial charge >= 0.3 is 0 Å². The lowest BCUT2D eigenvalue weighted by atomic mass is 10.1. The zero-order chi connectivity index (χ0) is 11.4. The Morgan fingerprint density at radius 1 is 1.20 bits per heavy atom. The number of hydrogen-bond donors (Lipinski definition) is 1. The van der Waals surface area contributed by atoms with Crippen molar-refractivity contribution in [3.63, 3.8) is 0 Å². The minimum absolute atomic E-state index is 0.169. The van der Waals surface area contributed by atoms with Crippen LogP contribution in [0.2, 0.25) is 5.02 Å². The average Bonchev–Trinajstić information content (AvgIpc) is 2.15. The number of rotatable bonds is 4. The lowest BCUT2D eigenvalue weighted by molar-refractivity contribution is 0.322. The standard InChI is InChI=1S/C11H14Cl2FN/c1-7(2)15-10(11(13)14)8-3-5-9(12)6-4-8/h3-7,10-11,15H,1-2H3. The lowest BCUT2D eigenvalue weighted by Crippen LogP contribution is -2.32. The third kappa shape index (κ3) is 3.98. The highest BCUT2D eigenvalue weighted by Crippen LogP contribution is 2.24. The largest absolute Gasteiger partial charge is 0.304 e. The number of halogens is 3. The van der Waals surface area contributed by atoms with Crippen LogP contribution in [0.4, 0.5) is 4.39 Å². The molecule has 0 fully saturated rings. The summed E-state index contributed by atoms with van der Waals surface area (Å²) >= 11 is 11.3. The van der Waals surface area contributed by atoms with E-state index in [4.69, 9.17) is 23.2 Å². The first-order valence-electron chi connectivity index (χ1n) is 4.80. The van der Waals surface area contributed by atoms with Crippen molar-refractivity contribution in [2.45, 2.75) is 31.6 Å². The van der Waals surface area contributed by atoms with Crippen LogP contribution in [0.15, 0.2) is 24.3 Å². The van der Waals surface area contributed by atoms with Crippen LogP contribution in [0, 0.1) is 0 Å². The Labute approximate surface area is 99.6 Å². The molecule has 1 rings (SSSR count). The van der Waals surface area contributed by atoms with Crippen LogP contribution in [-0.2, 0) is 0 Å². The molecule has 0 radical (unpaired) electrons. The van der Waals surface area contributed by atoms with Gasteiger partial charge in [0.25, 0.3) is 0 Å². The molecule has 0 amide bonds. The molecule has 2 unspecified atom stereocenters. The van der Waals surface area contributed by atoms with Gasteiger partial charge in [-0.3, -0.25) is 0 Å². The number of hydrogen-bond acceptors (Lipinski definition) is 1. The highest BCUT2D eigenvalue weighted by molar-refractivity contribution is 6.30. The molecule has 0 aliphatic rings. The van der Waals surface area contributed by atoms with Crippen LogP contribution in [0.25, 0.3) is 0 Å². The fourth-order valence-corrected chi connectivity index (χ4v) is 1.69. The molecule has 1 N–H and O–H groups in total. The Morgan fingerprint density at radius 2 is 1.73 bits per heavy atom. The van der Waals surface area contributed by atoms with Crippen LogP contribution >= 0.6 is 23.2 Å². The summed E-state index contributed by atoms with van der Waals surface area (Å²) in [6.07, 6.45) is 0. The van der Waals surface area contributed by atoms with E-state index < -0.39 is 11.7 Å². The second-order valence-corrected chi connectivity index (χ2v) is 4.54. The van der Waals surface area contributed by atoms with E-state index in [1.807, 2.05) is 13.8 Å². The maximum atomic E-state index is 13.2. The highest BCUT2D eigenvalue weighted by Gasteiger charge is 2.20. The summed E-state index contributed by atoms with van der Waals surface area (Å²) in [6, 6.07) is 6.68. The van der Waals surface area contributed by atoms with Crippen molar-refractivity contribution in [2.24, 2.45) is 0 Å². The van der Waals surface area contributed by atoms with Gasteiger partial charge in [0.2, 0.25) is 0 Å². The summed E-state index contributed by atoms with van der Waals surface area (Å²) in [5.41, 5.74) is -0.649. The van der Waals surface area contributed by atoms with Crippen molar-refractivity contribution in [3.05, 3.63) is 34.9 Å². The Bertz CT molecular complexity index is 298. The van der Waals surface area contributed by atoms with Gasteiger partial charge in [-0.05, 0) is 17.7 Å². The molecule has 84 valence electrons. The quantitative estimate of drug-likeness (QED) is 0.799. The van der Waals surface area contributed by atoms with E-state index in [1.165, 1.54) is 0 Å². The van der Waals surface area contributed by atoms with E-state index in [-0.39, 0.29) is 6.04 Å². The Morgan fingerprint density at radius 3 is 2.13 bits per heavy atom. The first-order valence-corrected chi connectivity index (χ1v) is 5.62. The molecule has 2 atom stereocenters. The van der Waals surface area contributed by atoms with Crippen molar-refractivity contribution in [1.82, 2.24) is 5.32 Å². The monoisotopic (exact) mass is 249 g/mol. The normalized spacial score (nSPS) is 15.3. The van der Waals surface area contributed by atoms with Crippen LogP contribution < -0.4 is 5.32 Å². The molecule has 0 bridgehead atoms. The van der Waals surface area contributed by atoms with Gasteiger partial charge in [-0.25, -0.2) is 4.39 Å². The first-order chi connectivity index (χ1) is 7.00. The Hall–Kier alpha value is -0.310. The molecule has 0 saturated carbocycles. The van der Waals surface area contributed by atoms with E-state index in [0.717, 1.165) is 5.56 Å². The minimum Gasteiger partial charge on any atom is -0.304 e. The predicted molar refractivity (Wildman–Crippen MR) is 63.2 cm³/mol. The Kier molecular flexibility index (Phi) is 4.84. The van der Waals surface area contributed by atoms with E-state index in [1.54, 1.807) is 24.3 Å². The van der Waals surface area contributed by atoms with E-state index in [0.29, 0.717) is 5.02 Å². The molecule has 0 spiro atoms. The number of alkyl halides is 2. The number of nitrogens with one attached hydrogen (secondary N) is 1. The van der Waals surface area contributed by atoms with Gasteiger partial charge in [0.05, 0.1) is 6.04 Å².